The quantitative estimate of drug-likeness (QED) is 0.0649. The van der Waals surface area contributed by atoms with Gasteiger partial charge in [0.05, 0.1) is 31.5 Å². The Bertz CT molecular complexity index is 2100. The van der Waals surface area contributed by atoms with E-state index in [1.165, 1.54) is 25.3 Å². The smallest absolute Gasteiger partial charge is 0.338 e. The molecule has 53 heavy (non-hydrogen) atoms. The first-order chi connectivity index (χ1) is 26.0. The number of hydrogen-bond acceptors (Lipinski definition) is 10. The Morgan fingerprint density at radius 2 is 1.28 bits per heavy atom. The Hall–Kier alpha value is -6.49. The maximum atomic E-state index is 15.1. The topological polar surface area (TPSA) is 116 Å². The molecule has 0 saturated carbocycles. The lowest BCUT2D eigenvalue weighted by atomic mass is 9.95. The van der Waals surface area contributed by atoms with E-state index >= 15 is 4.79 Å². The number of Topliss-reactive ketones (excluding diaryl/α,β-unsaturated/α-hetero) is 1. The molecule has 266 valence electrons. The number of esters is 1. The minimum absolute atomic E-state index is 0.0359. The summed E-state index contributed by atoms with van der Waals surface area (Å²) < 4.78 is 42.8. The molecule has 5 aromatic carbocycles. The third kappa shape index (κ3) is 7.59. The van der Waals surface area contributed by atoms with Crippen molar-refractivity contribution in [2.45, 2.75) is 31.9 Å². The van der Waals surface area contributed by atoms with Crippen LogP contribution in [0.1, 0.15) is 38.9 Å². The van der Waals surface area contributed by atoms with E-state index in [9.17, 15) is 9.59 Å². The summed E-state index contributed by atoms with van der Waals surface area (Å²) in [6.07, 6.45) is 0.965. The van der Waals surface area contributed by atoms with Crippen LogP contribution in [0.25, 0.3) is 0 Å². The largest absolute Gasteiger partial charge is 0.487 e. The highest BCUT2D eigenvalue weighted by Crippen LogP contribution is 2.49. The summed E-state index contributed by atoms with van der Waals surface area (Å²) in [6, 6.07) is 39.8. The third-order valence-electron chi connectivity index (χ3n) is 8.50. The van der Waals surface area contributed by atoms with Crippen molar-refractivity contribution in [1.29, 1.82) is 0 Å². The highest BCUT2D eigenvalue weighted by atomic mass is 16.7. The lowest BCUT2D eigenvalue weighted by molar-refractivity contribution is -0.235. The zero-order chi connectivity index (χ0) is 36.6. The molecule has 0 amide bonds. The van der Waals surface area contributed by atoms with E-state index in [1.54, 1.807) is 0 Å². The lowest BCUT2D eigenvalue weighted by Gasteiger charge is -2.36. The standard InChI is InChI=1S/C43H34O10/c1-47-41(46)33-22-35(39-36(23-33)52-42(53-39)32-20-12-5-13-21-32)51-38-34(25-44)24-37(48-26-29-14-6-2-7-15-29)43(40(38)45,49-27-30-16-8-3-9-17-30)50-28-31-18-10-4-11-19-31/h2-25,42H,26-28H2,1H3. The average molecular weight is 711 g/mol. The number of carbonyl (C=O) groups is 3. The van der Waals surface area contributed by atoms with Crippen molar-refractivity contribution in [1.82, 2.24) is 0 Å². The number of aldehydes is 1. The van der Waals surface area contributed by atoms with Crippen molar-refractivity contribution in [3.63, 3.8) is 0 Å². The number of carbonyl (C=O) groups excluding carboxylic acids is 3. The van der Waals surface area contributed by atoms with Crippen molar-refractivity contribution in [3.8, 4) is 17.2 Å². The SMILES string of the molecule is COC(=O)c1cc(OC2=C(C=O)C=C(OCc3ccccc3)C(OCc3ccccc3)(OCc3ccccc3)C2=O)c2c(c1)OC(c1ccccc1)O2. The Kier molecular flexibility index (Phi) is 10.4. The number of hydrogen-bond donors (Lipinski definition) is 0. The fourth-order valence-electron chi connectivity index (χ4n) is 5.79. The van der Waals surface area contributed by atoms with Crippen LogP contribution < -0.4 is 14.2 Å². The average Bonchev–Trinajstić information content (AvgIpc) is 3.66. The van der Waals surface area contributed by atoms with Gasteiger partial charge >= 0.3 is 5.97 Å². The van der Waals surface area contributed by atoms with Gasteiger partial charge in [0.25, 0.3) is 17.9 Å². The van der Waals surface area contributed by atoms with Gasteiger partial charge in [-0.1, -0.05) is 121 Å². The minimum Gasteiger partial charge on any atom is -0.487 e. The molecule has 10 nitrogen and oxygen atoms in total. The molecule has 7 rings (SSSR count). The molecule has 0 radical (unpaired) electrons. The molecule has 0 spiro atoms. The van der Waals surface area contributed by atoms with Gasteiger partial charge in [-0.25, -0.2) is 4.79 Å². The summed E-state index contributed by atoms with van der Waals surface area (Å²) in [6.45, 7) is -0.103. The molecule has 1 unspecified atom stereocenters. The van der Waals surface area contributed by atoms with E-state index in [-0.39, 0.29) is 54.0 Å². The predicted molar refractivity (Wildman–Crippen MR) is 191 cm³/mol. The van der Waals surface area contributed by atoms with E-state index in [1.807, 2.05) is 121 Å². The Morgan fingerprint density at radius 3 is 1.83 bits per heavy atom. The molecule has 0 bridgehead atoms. The molecule has 1 heterocycles. The zero-order valence-corrected chi connectivity index (χ0v) is 28.6. The maximum Gasteiger partial charge on any atom is 0.338 e. The number of allylic oxidation sites excluding steroid dienone is 2. The lowest BCUT2D eigenvalue weighted by Crippen LogP contribution is -2.50. The van der Waals surface area contributed by atoms with E-state index in [4.69, 9.17) is 33.2 Å². The van der Waals surface area contributed by atoms with Gasteiger partial charge in [-0.2, -0.15) is 0 Å². The first-order valence-corrected chi connectivity index (χ1v) is 16.8. The van der Waals surface area contributed by atoms with Gasteiger partial charge in [0, 0.05) is 5.56 Å². The second-order valence-electron chi connectivity index (χ2n) is 12.1. The minimum atomic E-state index is -2.23. The maximum absolute atomic E-state index is 15.1. The van der Waals surface area contributed by atoms with Gasteiger partial charge in [0.2, 0.25) is 5.75 Å². The summed E-state index contributed by atoms with van der Waals surface area (Å²) in [5, 5.41) is 0. The van der Waals surface area contributed by atoms with Gasteiger partial charge in [0.1, 0.15) is 6.61 Å². The van der Waals surface area contributed by atoms with Crippen molar-refractivity contribution in [3.05, 3.63) is 184 Å². The van der Waals surface area contributed by atoms with Crippen LogP contribution in [0, 0.1) is 0 Å². The fourth-order valence-corrected chi connectivity index (χ4v) is 5.79. The van der Waals surface area contributed by atoms with Gasteiger partial charge in [-0.3, -0.25) is 9.59 Å². The van der Waals surface area contributed by atoms with Crippen LogP contribution in [0.5, 0.6) is 17.2 Å². The molecule has 5 aromatic rings. The zero-order valence-electron chi connectivity index (χ0n) is 28.6. The van der Waals surface area contributed by atoms with Crippen LogP contribution in [0.2, 0.25) is 0 Å². The molecule has 1 aliphatic heterocycles. The van der Waals surface area contributed by atoms with Crippen LogP contribution >= 0.6 is 0 Å². The van der Waals surface area contributed by atoms with Gasteiger partial charge in [-0.05, 0) is 34.9 Å². The molecule has 0 fully saturated rings. The van der Waals surface area contributed by atoms with Crippen molar-refractivity contribution in [2.75, 3.05) is 7.11 Å². The van der Waals surface area contributed by atoms with Gasteiger partial charge in [-0.15, -0.1) is 0 Å². The van der Waals surface area contributed by atoms with E-state index in [0.29, 0.717) is 11.8 Å². The first-order valence-electron chi connectivity index (χ1n) is 16.8. The predicted octanol–water partition coefficient (Wildman–Crippen LogP) is 7.59. The number of rotatable bonds is 14. The fraction of sp³-hybridized carbons (Fsp3) is 0.140. The summed E-state index contributed by atoms with van der Waals surface area (Å²) >= 11 is 0. The summed E-state index contributed by atoms with van der Waals surface area (Å²) in [5.74, 6) is -4.05. The van der Waals surface area contributed by atoms with Crippen molar-refractivity contribution >= 4 is 18.0 Å². The molecule has 1 atom stereocenters. The van der Waals surface area contributed by atoms with E-state index in [2.05, 4.69) is 0 Å². The molecule has 1 aliphatic carbocycles. The summed E-state index contributed by atoms with van der Waals surface area (Å²) in [4.78, 5) is 40.6. The molecule has 0 N–H and O–H groups in total. The normalized spacial score (nSPS) is 15.8. The van der Waals surface area contributed by atoms with Crippen molar-refractivity contribution in [2.24, 2.45) is 0 Å². The molecule has 2 aliphatic rings. The monoisotopic (exact) mass is 710 g/mol. The molecular weight excluding hydrogens is 676 g/mol. The van der Waals surface area contributed by atoms with Crippen LogP contribution in [-0.2, 0) is 48.4 Å². The second kappa shape index (κ2) is 15.8. The van der Waals surface area contributed by atoms with Crippen molar-refractivity contribution < 1.29 is 47.5 Å². The number of ether oxygens (including phenoxy) is 7. The van der Waals surface area contributed by atoms with Crippen LogP contribution in [0.4, 0.5) is 0 Å². The summed E-state index contributed by atoms with van der Waals surface area (Å²) in [7, 11) is 1.24. The molecule has 0 saturated heterocycles. The Labute approximate surface area is 305 Å². The van der Waals surface area contributed by atoms with Crippen LogP contribution in [0.3, 0.4) is 0 Å². The van der Waals surface area contributed by atoms with Gasteiger partial charge < -0.3 is 33.2 Å². The number of fused-ring (bicyclic) bond motifs is 1. The molecule has 10 heteroatoms. The highest BCUT2D eigenvalue weighted by molar-refractivity contribution is 6.08. The number of methoxy groups -OCH3 is 1. The number of benzene rings is 5. The van der Waals surface area contributed by atoms with Crippen LogP contribution in [0.15, 0.2) is 157 Å². The van der Waals surface area contributed by atoms with Gasteiger partial charge in [0.15, 0.2) is 29.3 Å². The number of ketones is 1. The first kappa shape index (κ1) is 34.9. The highest BCUT2D eigenvalue weighted by Gasteiger charge is 2.53. The Balaban J connectivity index is 1.32. The van der Waals surface area contributed by atoms with E-state index < -0.39 is 29.6 Å². The molecule has 0 aromatic heterocycles. The third-order valence-corrected chi connectivity index (χ3v) is 8.50. The van der Waals surface area contributed by atoms with Crippen LogP contribution in [-0.4, -0.2) is 30.9 Å². The second-order valence-corrected chi connectivity index (χ2v) is 12.1. The van der Waals surface area contributed by atoms with E-state index in [0.717, 1.165) is 16.7 Å². The summed E-state index contributed by atoms with van der Waals surface area (Å²) in [5.41, 5.74) is 2.90. The Morgan fingerprint density at radius 1 is 0.736 bits per heavy atom. The molecular formula is C43H34O10.